The normalized spacial score (nSPS) is 11.0. The zero-order valence-corrected chi connectivity index (χ0v) is 18.8. The Bertz CT molecular complexity index is 1180. The smallest absolute Gasteiger partial charge is 0.338 e. The van der Waals surface area contributed by atoms with E-state index in [9.17, 15) is 4.79 Å². The first-order chi connectivity index (χ1) is 14.6. The average molecular weight is 482 g/mol. The molecule has 4 aromatic rings. The van der Waals surface area contributed by atoms with Gasteiger partial charge in [0.1, 0.15) is 0 Å². The number of nitrogens with zero attached hydrogens (tertiary/aromatic N) is 3. The molecule has 0 bridgehead atoms. The third-order valence-electron chi connectivity index (χ3n) is 4.53. The van der Waals surface area contributed by atoms with Gasteiger partial charge in [-0.05, 0) is 55.0 Å². The number of benzene rings is 2. The highest BCUT2D eigenvalue weighted by Crippen LogP contribution is 2.29. The number of hydrogen-bond donors (Lipinski definition) is 0. The Kier molecular flexibility index (Phi) is 6.50. The van der Waals surface area contributed by atoms with E-state index in [1.54, 1.807) is 37.0 Å². The fourth-order valence-corrected chi connectivity index (χ4v) is 4.54. The van der Waals surface area contributed by atoms with E-state index in [2.05, 4.69) is 37.6 Å². The Morgan fingerprint density at radius 1 is 1.13 bits per heavy atom. The first kappa shape index (κ1) is 20.6. The molecule has 0 aliphatic rings. The molecule has 7 heteroatoms. The maximum atomic E-state index is 12.1. The van der Waals surface area contributed by atoms with Crippen LogP contribution in [0.25, 0.3) is 11.0 Å². The van der Waals surface area contributed by atoms with Crippen LogP contribution >= 0.6 is 27.7 Å². The molecule has 0 unspecified atom stereocenters. The van der Waals surface area contributed by atoms with Gasteiger partial charge in [-0.15, -0.1) is 0 Å². The lowest BCUT2D eigenvalue weighted by molar-refractivity contribution is 0.0526. The number of hydrogen-bond acceptors (Lipinski definition) is 5. The van der Waals surface area contributed by atoms with Gasteiger partial charge in [0, 0.05) is 16.4 Å². The summed E-state index contributed by atoms with van der Waals surface area (Å²) < 4.78 is 8.34. The molecular formula is C23H20BrN3O2S. The van der Waals surface area contributed by atoms with Crippen molar-refractivity contribution in [1.29, 1.82) is 0 Å². The monoisotopic (exact) mass is 481 g/mol. The minimum absolute atomic E-state index is 0.331. The van der Waals surface area contributed by atoms with Crippen LogP contribution in [0.2, 0.25) is 0 Å². The van der Waals surface area contributed by atoms with Crippen LogP contribution < -0.4 is 0 Å². The number of thioether (sulfide) groups is 1. The number of carbonyl (C=O) groups excluding carboxylic acids is 1. The summed E-state index contributed by atoms with van der Waals surface area (Å²) in [5.74, 6) is 0.456. The van der Waals surface area contributed by atoms with Crippen molar-refractivity contribution in [3.63, 3.8) is 0 Å². The maximum absolute atomic E-state index is 12.1. The van der Waals surface area contributed by atoms with Crippen molar-refractivity contribution in [2.24, 2.45) is 0 Å². The summed E-state index contributed by atoms with van der Waals surface area (Å²) in [6, 6.07) is 19.7. The molecule has 4 rings (SSSR count). The van der Waals surface area contributed by atoms with Crippen molar-refractivity contribution in [3.05, 3.63) is 88.2 Å². The van der Waals surface area contributed by atoms with Crippen LogP contribution in [0, 0.1) is 0 Å². The van der Waals surface area contributed by atoms with Gasteiger partial charge in [0.25, 0.3) is 0 Å². The van der Waals surface area contributed by atoms with E-state index < -0.39 is 0 Å². The molecule has 2 heterocycles. The molecular weight excluding hydrogens is 462 g/mol. The van der Waals surface area contributed by atoms with E-state index in [4.69, 9.17) is 9.72 Å². The number of ether oxygens (including phenoxy) is 1. The summed E-state index contributed by atoms with van der Waals surface area (Å²) in [6.07, 6.45) is 1.79. The minimum atomic E-state index is -0.331. The first-order valence-corrected chi connectivity index (χ1v) is 11.4. The maximum Gasteiger partial charge on any atom is 0.338 e. The van der Waals surface area contributed by atoms with E-state index in [1.807, 2.05) is 36.4 Å². The molecule has 0 fully saturated rings. The van der Waals surface area contributed by atoms with E-state index in [-0.39, 0.29) is 5.97 Å². The summed E-state index contributed by atoms with van der Waals surface area (Å²) in [5.41, 5.74) is 4.41. The Balaban J connectivity index is 1.70. The van der Waals surface area contributed by atoms with Gasteiger partial charge in [-0.25, -0.2) is 9.78 Å². The molecule has 0 aliphatic heterocycles. The fourth-order valence-electron chi connectivity index (χ4n) is 3.14. The highest BCUT2D eigenvalue weighted by molar-refractivity contribution is 9.10. The molecule has 2 aromatic carbocycles. The second-order valence-electron chi connectivity index (χ2n) is 6.64. The lowest BCUT2D eigenvalue weighted by atomic mass is 10.2. The summed E-state index contributed by atoms with van der Waals surface area (Å²) in [5, 5.41) is 0.886. The van der Waals surface area contributed by atoms with Crippen LogP contribution in [-0.2, 0) is 17.0 Å². The summed E-state index contributed by atoms with van der Waals surface area (Å²) >= 11 is 5.19. The zero-order valence-electron chi connectivity index (χ0n) is 16.4. The van der Waals surface area contributed by atoms with Crippen molar-refractivity contribution in [2.45, 2.75) is 24.4 Å². The van der Waals surface area contributed by atoms with Gasteiger partial charge in [0.15, 0.2) is 5.16 Å². The van der Waals surface area contributed by atoms with Gasteiger partial charge in [-0.3, -0.25) is 4.98 Å². The molecule has 0 amide bonds. The molecule has 0 saturated carbocycles. The van der Waals surface area contributed by atoms with Crippen molar-refractivity contribution in [1.82, 2.24) is 14.5 Å². The molecule has 2 aromatic heterocycles. The molecule has 0 saturated heterocycles. The Morgan fingerprint density at radius 3 is 2.80 bits per heavy atom. The van der Waals surface area contributed by atoms with Crippen LogP contribution in [0.3, 0.4) is 0 Å². The number of imidazole rings is 1. The molecule has 0 atom stereocenters. The number of carbonyl (C=O) groups is 1. The lowest BCUT2D eigenvalue weighted by Crippen LogP contribution is -2.05. The number of halogens is 1. The highest BCUT2D eigenvalue weighted by Gasteiger charge is 2.15. The Labute approximate surface area is 187 Å². The first-order valence-electron chi connectivity index (χ1n) is 9.58. The van der Waals surface area contributed by atoms with Crippen molar-refractivity contribution in [3.8, 4) is 0 Å². The minimum Gasteiger partial charge on any atom is -0.462 e. The predicted molar refractivity (Wildman–Crippen MR) is 123 cm³/mol. The number of esters is 1. The summed E-state index contributed by atoms with van der Waals surface area (Å²) in [6.45, 7) is 2.75. The third kappa shape index (κ3) is 4.74. The lowest BCUT2D eigenvalue weighted by Gasteiger charge is -2.09. The van der Waals surface area contributed by atoms with Crippen LogP contribution in [0.1, 0.15) is 28.5 Å². The molecule has 0 N–H and O–H groups in total. The number of aromatic nitrogens is 3. The van der Waals surface area contributed by atoms with Crippen molar-refractivity contribution in [2.75, 3.05) is 6.61 Å². The molecule has 5 nitrogen and oxygen atoms in total. The molecule has 152 valence electrons. The van der Waals surface area contributed by atoms with Crippen LogP contribution in [0.5, 0.6) is 0 Å². The summed E-state index contributed by atoms with van der Waals surface area (Å²) in [4.78, 5) is 21.4. The third-order valence-corrected chi connectivity index (χ3v) is 6.07. The van der Waals surface area contributed by atoms with Crippen LogP contribution in [0.4, 0.5) is 0 Å². The van der Waals surface area contributed by atoms with Gasteiger partial charge in [-0.2, -0.15) is 0 Å². The molecule has 0 radical (unpaired) electrons. The summed E-state index contributed by atoms with van der Waals surface area (Å²) in [7, 11) is 0. The number of fused-ring (bicyclic) bond motifs is 1. The fraction of sp³-hybridized carbons (Fsp3) is 0.174. The van der Waals surface area contributed by atoms with Gasteiger partial charge in [0.05, 0.1) is 35.4 Å². The largest absolute Gasteiger partial charge is 0.462 e. The molecule has 0 spiro atoms. The highest BCUT2D eigenvalue weighted by atomic mass is 79.9. The van der Waals surface area contributed by atoms with Gasteiger partial charge in [-0.1, -0.05) is 45.9 Å². The number of pyridine rings is 1. The van der Waals surface area contributed by atoms with Crippen molar-refractivity contribution >= 4 is 44.7 Å². The standard InChI is InChI=1S/C23H20BrN3O2S/c1-2-29-22(28)17-9-10-21-20(13-17)26-23(27(21)14-19-8-3-4-11-25-19)30-15-16-6-5-7-18(24)12-16/h3-13H,2,14-15H2,1H3. The number of rotatable bonds is 7. The van der Waals surface area contributed by atoms with Crippen LogP contribution in [-0.4, -0.2) is 27.1 Å². The van der Waals surface area contributed by atoms with Crippen LogP contribution in [0.15, 0.2) is 76.5 Å². The Hall–Kier alpha value is -2.64. The second kappa shape index (κ2) is 9.45. The zero-order chi connectivity index (χ0) is 20.9. The average Bonchev–Trinajstić information content (AvgIpc) is 3.10. The quantitative estimate of drug-likeness (QED) is 0.250. The van der Waals surface area contributed by atoms with E-state index in [0.29, 0.717) is 18.7 Å². The van der Waals surface area contributed by atoms with E-state index in [1.165, 1.54) is 5.56 Å². The van der Waals surface area contributed by atoms with Crippen molar-refractivity contribution < 1.29 is 9.53 Å². The topological polar surface area (TPSA) is 57.0 Å². The van der Waals surface area contributed by atoms with Gasteiger partial charge >= 0.3 is 5.97 Å². The van der Waals surface area contributed by atoms with Gasteiger partial charge < -0.3 is 9.30 Å². The Morgan fingerprint density at radius 2 is 2.03 bits per heavy atom. The predicted octanol–water partition coefficient (Wildman–Crippen LogP) is 5.71. The van der Waals surface area contributed by atoms with E-state index in [0.717, 1.165) is 32.1 Å². The second-order valence-corrected chi connectivity index (χ2v) is 8.50. The SMILES string of the molecule is CCOC(=O)c1ccc2c(c1)nc(SCc1cccc(Br)c1)n2Cc1ccccn1. The van der Waals surface area contributed by atoms with Gasteiger partial charge in [0.2, 0.25) is 0 Å². The van der Waals surface area contributed by atoms with E-state index >= 15 is 0 Å². The molecule has 30 heavy (non-hydrogen) atoms. The molecule has 0 aliphatic carbocycles.